The van der Waals surface area contributed by atoms with Gasteiger partial charge in [0, 0.05) is 13.7 Å². The number of hydrogen-bond donors (Lipinski definition) is 1. The van der Waals surface area contributed by atoms with E-state index in [0.717, 1.165) is 31.8 Å². The van der Waals surface area contributed by atoms with Gasteiger partial charge in [-0.05, 0) is 43.5 Å². The number of hydrogen-bond acceptors (Lipinski definition) is 3. The number of methoxy groups -OCH3 is 1. The van der Waals surface area contributed by atoms with E-state index in [1.807, 2.05) is 18.2 Å². The molecular formula is C17H23NO2. The van der Waals surface area contributed by atoms with Crippen LogP contribution in [0, 0.1) is 0 Å². The maximum atomic E-state index is 5.56. The summed E-state index contributed by atoms with van der Waals surface area (Å²) in [5.41, 5.74) is 1.24. The van der Waals surface area contributed by atoms with Crippen LogP contribution in [0.4, 0.5) is 0 Å². The second-order valence-corrected chi connectivity index (χ2v) is 4.87. The first-order valence-electron chi connectivity index (χ1n) is 7.22. The zero-order valence-corrected chi connectivity index (χ0v) is 12.0. The first-order chi connectivity index (χ1) is 9.92. The van der Waals surface area contributed by atoms with E-state index in [0.29, 0.717) is 0 Å². The predicted octanol–water partition coefficient (Wildman–Crippen LogP) is 3.78. The molecule has 0 radical (unpaired) electrons. The van der Waals surface area contributed by atoms with Crippen molar-refractivity contribution >= 4 is 0 Å². The number of benzene rings is 1. The van der Waals surface area contributed by atoms with Gasteiger partial charge in [-0.2, -0.15) is 0 Å². The van der Waals surface area contributed by atoms with Crippen LogP contribution in [0.15, 0.2) is 53.1 Å². The van der Waals surface area contributed by atoms with Crippen molar-refractivity contribution in [2.24, 2.45) is 0 Å². The molecule has 1 heterocycles. The molecule has 1 atom stereocenters. The number of unbranched alkanes of at least 4 members (excludes halogenated alkanes) is 2. The second kappa shape index (κ2) is 8.56. The van der Waals surface area contributed by atoms with Gasteiger partial charge in [0.15, 0.2) is 0 Å². The molecule has 108 valence electrons. The summed E-state index contributed by atoms with van der Waals surface area (Å²) in [5, 5.41) is 3.58. The van der Waals surface area contributed by atoms with Crippen LogP contribution in [0.1, 0.15) is 36.6 Å². The van der Waals surface area contributed by atoms with Crippen LogP contribution in [-0.2, 0) is 4.74 Å². The fourth-order valence-electron chi connectivity index (χ4n) is 2.28. The Balaban J connectivity index is 1.88. The molecule has 0 amide bonds. The van der Waals surface area contributed by atoms with Gasteiger partial charge in [-0.1, -0.05) is 30.3 Å². The third kappa shape index (κ3) is 4.51. The molecule has 20 heavy (non-hydrogen) atoms. The quantitative estimate of drug-likeness (QED) is 0.706. The maximum absolute atomic E-state index is 5.56. The maximum Gasteiger partial charge on any atom is 0.125 e. The molecule has 1 N–H and O–H groups in total. The topological polar surface area (TPSA) is 34.4 Å². The Hall–Kier alpha value is -1.58. The summed E-state index contributed by atoms with van der Waals surface area (Å²) in [4.78, 5) is 0. The van der Waals surface area contributed by atoms with Crippen molar-refractivity contribution in [3.63, 3.8) is 0 Å². The van der Waals surface area contributed by atoms with Gasteiger partial charge >= 0.3 is 0 Å². The van der Waals surface area contributed by atoms with E-state index in [1.54, 1.807) is 13.4 Å². The van der Waals surface area contributed by atoms with Gasteiger partial charge in [0.2, 0.25) is 0 Å². The third-order valence-electron chi connectivity index (χ3n) is 3.33. The van der Waals surface area contributed by atoms with Crippen molar-refractivity contribution in [1.29, 1.82) is 0 Å². The average molecular weight is 273 g/mol. The smallest absolute Gasteiger partial charge is 0.125 e. The SMILES string of the molecule is COCCCCCNC(c1ccccc1)c1ccco1. The molecule has 0 spiro atoms. The molecule has 0 saturated carbocycles. The molecule has 1 unspecified atom stereocenters. The van der Waals surface area contributed by atoms with Gasteiger partial charge in [-0.15, -0.1) is 0 Å². The van der Waals surface area contributed by atoms with Gasteiger partial charge in [0.25, 0.3) is 0 Å². The zero-order valence-electron chi connectivity index (χ0n) is 12.0. The summed E-state index contributed by atoms with van der Waals surface area (Å²) in [7, 11) is 1.75. The minimum absolute atomic E-state index is 0.133. The standard InChI is InChI=1S/C17H23NO2/c1-19-13-7-3-6-12-18-17(16-11-8-14-20-16)15-9-4-2-5-10-15/h2,4-5,8-11,14,17-18H,3,6-7,12-13H2,1H3. The largest absolute Gasteiger partial charge is 0.467 e. The van der Waals surface area contributed by atoms with Crippen LogP contribution in [-0.4, -0.2) is 20.3 Å². The first-order valence-corrected chi connectivity index (χ1v) is 7.22. The molecule has 2 aromatic rings. The van der Waals surface area contributed by atoms with E-state index >= 15 is 0 Å². The summed E-state index contributed by atoms with van der Waals surface area (Å²) >= 11 is 0. The van der Waals surface area contributed by atoms with Crippen LogP contribution < -0.4 is 5.32 Å². The van der Waals surface area contributed by atoms with Crippen LogP contribution in [0.3, 0.4) is 0 Å². The third-order valence-corrected chi connectivity index (χ3v) is 3.33. The molecule has 0 saturated heterocycles. The van der Waals surface area contributed by atoms with Crippen molar-refractivity contribution in [3.8, 4) is 0 Å². The summed E-state index contributed by atoms with van der Waals surface area (Å²) in [6.07, 6.45) is 5.17. The fourth-order valence-corrected chi connectivity index (χ4v) is 2.28. The lowest BCUT2D eigenvalue weighted by molar-refractivity contribution is 0.192. The molecular weight excluding hydrogens is 250 g/mol. The first kappa shape index (κ1) is 14.8. The molecule has 2 rings (SSSR count). The van der Waals surface area contributed by atoms with Crippen LogP contribution in [0.2, 0.25) is 0 Å². The molecule has 0 aliphatic rings. The Bertz CT molecular complexity index is 453. The number of rotatable bonds is 9. The minimum atomic E-state index is 0.133. The lowest BCUT2D eigenvalue weighted by Gasteiger charge is -2.17. The zero-order chi connectivity index (χ0) is 14.0. The van der Waals surface area contributed by atoms with E-state index in [-0.39, 0.29) is 6.04 Å². The number of nitrogens with one attached hydrogen (secondary N) is 1. The van der Waals surface area contributed by atoms with Crippen LogP contribution in [0.25, 0.3) is 0 Å². The molecule has 1 aromatic heterocycles. The van der Waals surface area contributed by atoms with E-state index in [4.69, 9.17) is 9.15 Å². The Morgan fingerprint density at radius 1 is 1.05 bits per heavy atom. The molecule has 3 heteroatoms. The number of furan rings is 1. The summed E-state index contributed by atoms with van der Waals surface area (Å²) in [6.45, 7) is 1.82. The molecule has 1 aromatic carbocycles. The average Bonchev–Trinajstić information content (AvgIpc) is 3.01. The molecule has 0 aliphatic heterocycles. The van der Waals surface area contributed by atoms with E-state index < -0.39 is 0 Å². The normalized spacial score (nSPS) is 12.4. The highest BCUT2D eigenvalue weighted by atomic mass is 16.5. The van der Waals surface area contributed by atoms with E-state index in [1.165, 1.54) is 12.0 Å². The molecule has 0 aliphatic carbocycles. The Morgan fingerprint density at radius 3 is 2.60 bits per heavy atom. The van der Waals surface area contributed by atoms with Crippen molar-refractivity contribution < 1.29 is 9.15 Å². The Kier molecular flexibility index (Phi) is 6.35. The lowest BCUT2D eigenvalue weighted by atomic mass is 10.0. The van der Waals surface area contributed by atoms with Gasteiger partial charge in [-0.3, -0.25) is 0 Å². The second-order valence-electron chi connectivity index (χ2n) is 4.87. The van der Waals surface area contributed by atoms with Gasteiger partial charge in [0.1, 0.15) is 5.76 Å². The lowest BCUT2D eigenvalue weighted by Crippen LogP contribution is -2.23. The van der Waals surface area contributed by atoms with E-state index in [9.17, 15) is 0 Å². The summed E-state index contributed by atoms with van der Waals surface area (Å²) in [5.74, 6) is 0.966. The van der Waals surface area contributed by atoms with Crippen molar-refractivity contribution in [2.75, 3.05) is 20.3 Å². The molecule has 0 fully saturated rings. The predicted molar refractivity (Wildman–Crippen MR) is 80.7 cm³/mol. The number of ether oxygens (including phenoxy) is 1. The Morgan fingerprint density at radius 2 is 1.90 bits per heavy atom. The van der Waals surface area contributed by atoms with Crippen molar-refractivity contribution in [1.82, 2.24) is 5.32 Å². The monoisotopic (exact) mass is 273 g/mol. The highest BCUT2D eigenvalue weighted by Gasteiger charge is 2.15. The summed E-state index contributed by atoms with van der Waals surface area (Å²) in [6, 6.07) is 14.5. The molecule has 0 bridgehead atoms. The molecule has 3 nitrogen and oxygen atoms in total. The summed E-state index contributed by atoms with van der Waals surface area (Å²) < 4.78 is 10.6. The van der Waals surface area contributed by atoms with E-state index in [2.05, 4.69) is 29.6 Å². The minimum Gasteiger partial charge on any atom is -0.467 e. The van der Waals surface area contributed by atoms with Crippen molar-refractivity contribution in [3.05, 3.63) is 60.1 Å². The van der Waals surface area contributed by atoms with Crippen LogP contribution >= 0.6 is 0 Å². The van der Waals surface area contributed by atoms with Crippen LogP contribution in [0.5, 0.6) is 0 Å². The van der Waals surface area contributed by atoms with Gasteiger partial charge < -0.3 is 14.5 Å². The Labute approximate surface area is 121 Å². The fraction of sp³-hybridized carbons (Fsp3) is 0.412. The van der Waals surface area contributed by atoms with Crippen molar-refractivity contribution in [2.45, 2.75) is 25.3 Å². The highest BCUT2D eigenvalue weighted by molar-refractivity contribution is 5.26. The van der Waals surface area contributed by atoms with Gasteiger partial charge in [-0.25, -0.2) is 0 Å². The highest BCUT2D eigenvalue weighted by Crippen LogP contribution is 2.22. The van der Waals surface area contributed by atoms with Gasteiger partial charge in [0.05, 0.1) is 12.3 Å².